The van der Waals surface area contributed by atoms with Crippen LogP contribution in [0.15, 0.2) is 54.6 Å². The molecule has 2 aliphatic rings. The van der Waals surface area contributed by atoms with Crippen molar-refractivity contribution in [1.82, 2.24) is 16.0 Å². The van der Waals surface area contributed by atoms with Gasteiger partial charge in [-0.2, -0.15) is 0 Å². The Bertz CT molecular complexity index is 1140. The number of methoxy groups -OCH3 is 1. The van der Waals surface area contributed by atoms with E-state index in [0.29, 0.717) is 18.8 Å². The topological polar surface area (TPSA) is 126 Å². The molecule has 39 heavy (non-hydrogen) atoms. The van der Waals surface area contributed by atoms with Crippen LogP contribution in [0.3, 0.4) is 0 Å². The Morgan fingerprint density at radius 1 is 0.846 bits per heavy atom. The fraction of sp³-hybridized carbons (Fsp3) is 0.467. The van der Waals surface area contributed by atoms with Crippen molar-refractivity contribution in [2.24, 2.45) is 5.92 Å². The van der Waals surface area contributed by atoms with E-state index in [-0.39, 0.29) is 24.0 Å². The van der Waals surface area contributed by atoms with E-state index in [1.165, 1.54) is 0 Å². The van der Waals surface area contributed by atoms with Crippen LogP contribution >= 0.6 is 0 Å². The van der Waals surface area contributed by atoms with E-state index < -0.39 is 36.0 Å². The largest absolute Gasteiger partial charge is 0.497 e. The first-order valence-electron chi connectivity index (χ1n) is 13.6. The standard InChI is InChI=1S/C30H37N3O6/c1-19(31-29(36)22-10-6-7-11-22)28(35)33-25(17-21-12-14-23(38-2)15-13-21)30(37)32-24(27(34)26-18-39-26)16-20-8-4-3-5-9-20/h3-5,8-9,12-15,19,22,24-26H,6-7,10-11,16-18H2,1-2H3,(H,31,36)(H,32,37)(H,33,35)/t19-,24+,25+,26-/m1/s1. The van der Waals surface area contributed by atoms with Crippen molar-refractivity contribution in [2.45, 2.75) is 69.7 Å². The van der Waals surface area contributed by atoms with E-state index in [2.05, 4.69) is 16.0 Å². The molecule has 1 aliphatic carbocycles. The second kappa shape index (κ2) is 13.4. The van der Waals surface area contributed by atoms with Crippen LogP contribution in [0.4, 0.5) is 0 Å². The van der Waals surface area contributed by atoms with Crippen molar-refractivity contribution in [3.8, 4) is 5.75 Å². The highest BCUT2D eigenvalue weighted by atomic mass is 16.6. The first kappa shape index (κ1) is 28.3. The maximum Gasteiger partial charge on any atom is 0.243 e. The zero-order valence-electron chi connectivity index (χ0n) is 22.5. The third-order valence-corrected chi connectivity index (χ3v) is 7.30. The Morgan fingerprint density at radius 2 is 1.44 bits per heavy atom. The summed E-state index contributed by atoms with van der Waals surface area (Å²) in [7, 11) is 1.57. The fourth-order valence-corrected chi connectivity index (χ4v) is 4.87. The van der Waals surface area contributed by atoms with Crippen LogP contribution in [-0.4, -0.2) is 61.5 Å². The molecule has 1 heterocycles. The van der Waals surface area contributed by atoms with Crippen LogP contribution < -0.4 is 20.7 Å². The summed E-state index contributed by atoms with van der Waals surface area (Å²) in [4.78, 5) is 52.2. The van der Waals surface area contributed by atoms with Gasteiger partial charge in [-0.05, 0) is 49.4 Å². The molecule has 1 saturated carbocycles. The minimum absolute atomic E-state index is 0.0759. The molecule has 208 valence electrons. The number of amides is 3. The molecule has 3 amide bonds. The molecule has 2 aromatic carbocycles. The highest BCUT2D eigenvalue weighted by Gasteiger charge is 2.38. The summed E-state index contributed by atoms with van der Waals surface area (Å²) in [5, 5.41) is 8.46. The molecule has 0 unspecified atom stereocenters. The number of carbonyl (C=O) groups is 4. The molecule has 9 heteroatoms. The van der Waals surface area contributed by atoms with Crippen molar-refractivity contribution >= 4 is 23.5 Å². The molecule has 4 atom stereocenters. The molecule has 2 aromatic rings. The lowest BCUT2D eigenvalue weighted by Gasteiger charge is -2.25. The zero-order chi connectivity index (χ0) is 27.8. The summed E-state index contributed by atoms with van der Waals surface area (Å²) < 4.78 is 10.4. The van der Waals surface area contributed by atoms with E-state index >= 15 is 0 Å². The average Bonchev–Trinajstić information content (AvgIpc) is 3.65. The number of epoxide rings is 1. The van der Waals surface area contributed by atoms with Gasteiger partial charge in [-0.1, -0.05) is 55.3 Å². The molecule has 0 radical (unpaired) electrons. The van der Waals surface area contributed by atoms with Crippen molar-refractivity contribution < 1.29 is 28.7 Å². The number of Topliss-reactive ketones (excluding diaryl/α,β-unsaturated/α-hetero) is 1. The molecule has 2 fully saturated rings. The van der Waals surface area contributed by atoms with Crippen molar-refractivity contribution in [1.29, 1.82) is 0 Å². The van der Waals surface area contributed by atoms with Gasteiger partial charge in [0.05, 0.1) is 19.8 Å². The average molecular weight is 536 g/mol. The lowest BCUT2D eigenvalue weighted by atomic mass is 9.99. The molecule has 0 aromatic heterocycles. The van der Waals surface area contributed by atoms with Crippen LogP contribution in [-0.2, 0) is 36.8 Å². The van der Waals surface area contributed by atoms with Crippen LogP contribution in [0.1, 0.15) is 43.7 Å². The molecular formula is C30H37N3O6. The van der Waals surface area contributed by atoms with Crippen molar-refractivity contribution in [3.05, 3.63) is 65.7 Å². The van der Waals surface area contributed by atoms with Gasteiger partial charge in [-0.15, -0.1) is 0 Å². The number of ketones is 1. The summed E-state index contributed by atoms with van der Waals surface area (Å²) in [5.41, 5.74) is 1.70. The fourth-order valence-electron chi connectivity index (χ4n) is 4.87. The second-order valence-electron chi connectivity index (χ2n) is 10.3. The monoisotopic (exact) mass is 535 g/mol. The van der Waals surface area contributed by atoms with Crippen molar-refractivity contribution in [3.63, 3.8) is 0 Å². The third kappa shape index (κ3) is 8.13. The highest BCUT2D eigenvalue weighted by molar-refractivity contribution is 5.96. The smallest absolute Gasteiger partial charge is 0.243 e. The van der Waals surface area contributed by atoms with Gasteiger partial charge in [0.1, 0.15) is 23.9 Å². The van der Waals surface area contributed by atoms with Gasteiger partial charge >= 0.3 is 0 Å². The van der Waals surface area contributed by atoms with Crippen LogP contribution in [0, 0.1) is 5.92 Å². The summed E-state index contributed by atoms with van der Waals surface area (Å²) in [5.74, 6) is -0.684. The number of nitrogens with one attached hydrogen (secondary N) is 3. The number of hydrogen-bond donors (Lipinski definition) is 3. The second-order valence-corrected chi connectivity index (χ2v) is 10.3. The SMILES string of the molecule is COc1ccc(C[C@H](NC(=O)[C@@H](C)NC(=O)C2CCCC2)C(=O)N[C@@H](Cc2ccccc2)C(=O)[C@H]2CO2)cc1. The van der Waals surface area contributed by atoms with Crippen molar-refractivity contribution in [2.75, 3.05) is 13.7 Å². The first-order valence-corrected chi connectivity index (χ1v) is 13.6. The van der Waals surface area contributed by atoms with E-state index in [1.54, 1.807) is 26.2 Å². The van der Waals surface area contributed by atoms with E-state index in [0.717, 1.165) is 36.8 Å². The Labute approximate surface area is 229 Å². The molecular weight excluding hydrogens is 498 g/mol. The van der Waals surface area contributed by atoms with Gasteiger partial charge < -0.3 is 25.4 Å². The van der Waals surface area contributed by atoms with Crippen LogP contribution in [0.5, 0.6) is 5.75 Å². The molecule has 4 rings (SSSR count). The lowest BCUT2D eigenvalue weighted by Crippen LogP contribution is -2.56. The Morgan fingerprint density at radius 3 is 2.05 bits per heavy atom. The first-order chi connectivity index (χ1) is 18.8. The number of benzene rings is 2. The highest BCUT2D eigenvalue weighted by Crippen LogP contribution is 2.24. The predicted molar refractivity (Wildman–Crippen MR) is 145 cm³/mol. The number of rotatable bonds is 13. The number of carbonyl (C=O) groups excluding carboxylic acids is 4. The Kier molecular flexibility index (Phi) is 9.70. The number of hydrogen-bond acceptors (Lipinski definition) is 6. The van der Waals surface area contributed by atoms with E-state index in [4.69, 9.17) is 9.47 Å². The van der Waals surface area contributed by atoms with Gasteiger partial charge in [-0.25, -0.2) is 0 Å². The quantitative estimate of drug-likeness (QED) is 0.338. The summed E-state index contributed by atoms with van der Waals surface area (Å²) in [6.45, 7) is 1.95. The van der Waals surface area contributed by atoms with E-state index in [9.17, 15) is 19.2 Å². The third-order valence-electron chi connectivity index (χ3n) is 7.30. The minimum Gasteiger partial charge on any atom is -0.497 e. The molecule has 1 aliphatic heterocycles. The summed E-state index contributed by atoms with van der Waals surface area (Å²) in [6.07, 6.45) is 3.64. The molecule has 1 saturated heterocycles. The van der Waals surface area contributed by atoms with E-state index in [1.807, 2.05) is 42.5 Å². The summed E-state index contributed by atoms with van der Waals surface area (Å²) in [6, 6.07) is 14.0. The van der Waals surface area contributed by atoms with Gasteiger partial charge in [0.25, 0.3) is 0 Å². The van der Waals surface area contributed by atoms with Gasteiger partial charge in [0, 0.05) is 12.3 Å². The molecule has 9 nitrogen and oxygen atoms in total. The minimum atomic E-state index is -0.970. The Hall–Kier alpha value is -3.72. The zero-order valence-corrected chi connectivity index (χ0v) is 22.5. The maximum atomic E-state index is 13.6. The predicted octanol–water partition coefficient (Wildman–Crippen LogP) is 2.11. The van der Waals surface area contributed by atoms with Crippen LogP contribution in [0.25, 0.3) is 0 Å². The molecule has 0 bridgehead atoms. The molecule has 0 spiro atoms. The normalized spacial score (nSPS) is 18.9. The maximum absolute atomic E-state index is 13.6. The number of ether oxygens (including phenoxy) is 2. The molecule has 3 N–H and O–H groups in total. The summed E-state index contributed by atoms with van der Waals surface area (Å²) >= 11 is 0. The van der Waals surface area contributed by atoms with Crippen LogP contribution in [0.2, 0.25) is 0 Å². The van der Waals surface area contributed by atoms with Gasteiger partial charge in [0.15, 0.2) is 5.78 Å². The lowest BCUT2D eigenvalue weighted by molar-refractivity contribution is -0.134. The van der Waals surface area contributed by atoms with Gasteiger partial charge in [-0.3, -0.25) is 19.2 Å². The Balaban J connectivity index is 1.47. The van der Waals surface area contributed by atoms with Gasteiger partial charge in [0.2, 0.25) is 17.7 Å².